The summed E-state index contributed by atoms with van der Waals surface area (Å²) in [5.41, 5.74) is 0. The first-order chi connectivity index (χ1) is 10.6. The molecule has 0 aromatic rings. The zero-order valence-electron chi connectivity index (χ0n) is 12.5. The van der Waals surface area contributed by atoms with E-state index < -0.39 is 27.9 Å². The SMILES string of the molecule is O=C(CCCOC(=O)C1CCCCC1)OCC(F)(F)S(=O)(=O)O. The Morgan fingerprint density at radius 2 is 1.74 bits per heavy atom. The highest BCUT2D eigenvalue weighted by Crippen LogP contribution is 2.24. The van der Waals surface area contributed by atoms with Gasteiger partial charge in [-0.1, -0.05) is 19.3 Å². The van der Waals surface area contributed by atoms with Crippen LogP contribution in [0.25, 0.3) is 0 Å². The van der Waals surface area contributed by atoms with Crippen molar-refractivity contribution in [3.8, 4) is 0 Å². The summed E-state index contributed by atoms with van der Waals surface area (Å²) in [6, 6.07) is 0. The Bertz CT molecular complexity index is 512. The van der Waals surface area contributed by atoms with E-state index in [-0.39, 0.29) is 31.3 Å². The van der Waals surface area contributed by atoms with Gasteiger partial charge in [0.25, 0.3) is 0 Å². The van der Waals surface area contributed by atoms with Crippen molar-refractivity contribution in [3.05, 3.63) is 0 Å². The van der Waals surface area contributed by atoms with Crippen LogP contribution in [0.2, 0.25) is 0 Å². The highest BCUT2D eigenvalue weighted by Gasteiger charge is 2.45. The number of carbonyl (C=O) groups excluding carboxylic acids is 2. The summed E-state index contributed by atoms with van der Waals surface area (Å²) >= 11 is 0. The molecule has 1 aliphatic rings. The third-order valence-corrected chi connectivity index (χ3v) is 4.36. The van der Waals surface area contributed by atoms with Crippen LogP contribution in [-0.2, 0) is 29.2 Å². The molecule has 0 spiro atoms. The normalized spacial score (nSPS) is 16.8. The maximum absolute atomic E-state index is 12.8. The van der Waals surface area contributed by atoms with E-state index in [4.69, 9.17) is 9.29 Å². The average molecular weight is 358 g/mol. The molecule has 0 aromatic carbocycles. The highest BCUT2D eigenvalue weighted by atomic mass is 32.2. The predicted octanol–water partition coefficient (Wildman–Crippen LogP) is 1.91. The summed E-state index contributed by atoms with van der Waals surface area (Å²) in [6.45, 7) is -1.80. The van der Waals surface area contributed by atoms with E-state index in [0.29, 0.717) is 0 Å². The minimum atomic E-state index is -5.63. The monoisotopic (exact) mass is 358 g/mol. The second-order valence-electron chi connectivity index (χ2n) is 5.38. The fraction of sp³-hybridized carbons (Fsp3) is 0.846. The smallest absolute Gasteiger partial charge is 0.402 e. The summed E-state index contributed by atoms with van der Waals surface area (Å²) in [7, 11) is -5.63. The average Bonchev–Trinajstić information content (AvgIpc) is 2.49. The summed E-state index contributed by atoms with van der Waals surface area (Å²) in [5, 5.41) is -4.55. The molecule has 1 fully saturated rings. The molecule has 0 atom stereocenters. The van der Waals surface area contributed by atoms with Gasteiger partial charge in [0.2, 0.25) is 0 Å². The van der Waals surface area contributed by atoms with E-state index in [1.807, 2.05) is 0 Å². The van der Waals surface area contributed by atoms with Crippen LogP contribution in [0.4, 0.5) is 8.78 Å². The Morgan fingerprint density at radius 1 is 1.13 bits per heavy atom. The molecule has 1 rings (SSSR count). The maximum atomic E-state index is 12.8. The number of ether oxygens (including phenoxy) is 2. The van der Waals surface area contributed by atoms with Gasteiger partial charge in [0.1, 0.15) is 0 Å². The van der Waals surface area contributed by atoms with E-state index in [1.165, 1.54) is 0 Å². The van der Waals surface area contributed by atoms with E-state index in [9.17, 15) is 26.8 Å². The zero-order chi connectivity index (χ0) is 17.5. The Kier molecular flexibility index (Phi) is 7.33. The van der Waals surface area contributed by atoms with Crippen molar-refractivity contribution in [1.82, 2.24) is 0 Å². The lowest BCUT2D eigenvalue weighted by Crippen LogP contribution is -2.34. The van der Waals surface area contributed by atoms with Gasteiger partial charge in [-0.05, 0) is 19.3 Å². The van der Waals surface area contributed by atoms with Crippen molar-refractivity contribution in [2.45, 2.75) is 50.2 Å². The molecule has 0 unspecified atom stereocenters. The van der Waals surface area contributed by atoms with Crippen molar-refractivity contribution in [2.75, 3.05) is 13.2 Å². The number of hydrogen-bond acceptors (Lipinski definition) is 6. The van der Waals surface area contributed by atoms with Crippen LogP contribution < -0.4 is 0 Å². The van der Waals surface area contributed by atoms with Crippen molar-refractivity contribution in [1.29, 1.82) is 0 Å². The second-order valence-corrected chi connectivity index (χ2v) is 6.93. The minimum absolute atomic E-state index is 0.0425. The fourth-order valence-corrected chi connectivity index (χ4v) is 2.36. The van der Waals surface area contributed by atoms with Crippen molar-refractivity contribution >= 4 is 22.1 Å². The second kappa shape index (κ2) is 8.53. The topological polar surface area (TPSA) is 107 Å². The largest absolute Gasteiger partial charge is 0.465 e. The first-order valence-electron chi connectivity index (χ1n) is 7.30. The van der Waals surface area contributed by atoms with Gasteiger partial charge in [0.05, 0.1) is 12.5 Å². The molecule has 10 heteroatoms. The van der Waals surface area contributed by atoms with E-state index in [2.05, 4.69) is 4.74 Å². The van der Waals surface area contributed by atoms with E-state index in [0.717, 1.165) is 32.1 Å². The van der Waals surface area contributed by atoms with Crippen LogP contribution in [0, 0.1) is 5.92 Å². The number of hydrogen-bond donors (Lipinski definition) is 1. The predicted molar refractivity (Wildman–Crippen MR) is 74.2 cm³/mol. The molecular formula is C13H20F2O7S. The molecule has 23 heavy (non-hydrogen) atoms. The lowest BCUT2D eigenvalue weighted by atomic mass is 9.89. The molecule has 0 bridgehead atoms. The van der Waals surface area contributed by atoms with E-state index in [1.54, 1.807) is 0 Å². The maximum Gasteiger partial charge on any atom is 0.402 e. The molecule has 0 aliphatic heterocycles. The Labute approximate surface area is 133 Å². The van der Waals surface area contributed by atoms with Crippen LogP contribution in [0.3, 0.4) is 0 Å². The minimum Gasteiger partial charge on any atom is -0.465 e. The molecule has 7 nitrogen and oxygen atoms in total. The van der Waals surface area contributed by atoms with Crippen LogP contribution in [0.1, 0.15) is 44.9 Å². The first kappa shape index (κ1) is 19.8. The van der Waals surface area contributed by atoms with Gasteiger partial charge < -0.3 is 9.47 Å². The van der Waals surface area contributed by atoms with Gasteiger partial charge in [-0.15, -0.1) is 0 Å². The molecule has 0 saturated heterocycles. The number of alkyl halides is 2. The van der Waals surface area contributed by atoms with Crippen molar-refractivity contribution < 1.29 is 40.8 Å². The standard InChI is InChI=1S/C13H20F2O7S/c14-13(15,23(18,19)20)9-22-11(16)7-4-8-21-12(17)10-5-2-1-3-6-10/h10H,1-9H2,(H,18,19,20). The van der Waals surface area contributed by atoms with Gasteiger partial charge >= 0.3 is 27.3 Å². The Morgan fingerprint density at radius 3 is 2.30 bits per heavy atom. The number of rotatable bonds is 8. The van der Waals surface area contributed by atoms with Crippen LogP contribution in [0.5, 0.6) is 0 Å². The molecule has 134 valence electrons. The van der Waals surface area contributed by atoms with Gasteiger partial charge in [-0.3, -0.25) is 14.1 Å². The quantitative estimate of drug-likeness (QED) is 0.401. The molecule has 1 aliphatic carbocycles. The summed E-state index contributed by atoms with van der Waals surface area (Å²) in [4.78, 5) is 22.9. The first-order valence-corrected chi connectivity index (χ1v) is 8.74. The third-order valence-electron chi connectivity index (χ3n) is 3.49. The van der Waals surface area contributed by atoms with Crippen molar-refractivity contribution in [2.24, 2.45) is 5.92 Å². The molecule has 0 heterocycles. The van der Waals surface area contributed by atoms with Crippen molar-refractivity contribution in [3.63, 3.8) is 0 Å². The van der Waals surface area contributed by atoms with Crippen LogP contribution in [0.15, 0.2) is 0 Å². The van der Waals surface area contributed by atoms with Gasteiger partial charge in [-0.2, -0.15) is 17.2 Å². The summed E-state index contributed by atoms with van der Waals surface area (Å²) in [5.74, 6) is -1.51. The Hall–Kier alpha value is -1.29. The fourth-order valence-electron chi connectivity index (χ4n) is 2.16. The third kappa shape index (κ3) is 6.78. The lowest BCUT2D eigenvalue weighted by molar-refractivity contribution is -0.153. The molecule has 0 radical (unpaired) electrons. The molecule has 0 aromatic heterocycles. The molecule has 1 N–H and O–H groups in total. The van der Waals surface area contributed by atoms with Gasteiger partial charge in [-0.25, -0.2) is 0 Å². The molecular weight excluding hydrogens is 338 g/mol. The molecule has 1 saturated carbocycles. The van der Waals surface area contributed by atoms with Gasteiger partial charge in [0, 0.05) is 6.42 Å². The zero-order valence-corrected chi connectivity index (χ0v) is 13.3. The van der Waals surface area contributed by atoms with Crippen LogP contribution in [-0.4, -0.2) is 43.4 Å². The molecule has 0 amide bonds. The highest BCUT2D eigenvalue weighted by molar-refractivity contribution is 7.86. The number of esters is 2. The lowest BCUT2D eigenvalue weighted by Gasteiger charge is -2.19. The number of carbonyl (C=O) groups is 2. The van der Waals surface area contributed by atoms with Crippen LogP contribution >= 0.6 is 0 Å². The van der Waals surface area contributed by atoms with E-state index >= 15 is 0 Å². The van der Waals surface area contributed by atoms with Gasteiger partial charge in [0.15, 0.2) is 6.61 Å². The summed E-state index contributed by atoms with van der Waals surface area (Å²) < 4.78 is 63.5. The number of halogens is 2. The summed E-state index contributed by atoms with van der Waals surface area (Å²) in [6.07, 6.45) is 4.40. The Balaban J connectivity index is 2.18.